The highest BCUT2D eigenvalue weighted by Crippen LogP contribution is 2.19. The van der Waals surface area contributed by atoms with Crippen molar-refractivity contribution in [2.24, 2.45) is 0 Å². The number of carbonyl (C=O) groups is 3. The van der Waals surface area contributed by atoms with Crippen LogP contribution in [0.4, 0.5) is 16.2 Å². The Morgan fingerprint density at radius 2 is 1.58 bits per heavy atom. The number of nitrogens with zero attached hydrogens (tertiary/aromatic N) is 1. The van der Waals surface area contributed by atoms with E-state index in [0.717, 1.165) is 35.3 Å². The Morgan fingerprint density at radius 3 is 2.21 bits per heavy atom. The molecule has 4 amide bonds. The van der Waals surface area contributed by atoms with Gasteiger partial charge >= 0.3 is 6.03 Å². The van der Waals surface area contributed by atoms with E-state index < -0.39 is 0 Å². The van der Waals surface area contributed by atoms with Crippen LogP contribution in [0, 0.1) is 13.8 Å². The van der Waals surface area contributed by atoms with Crippen LogP contribution < -0.4 is 21.3 Å². The molecule has 1 fully saturated rings. The lowest BCUT2D eigenvalue weighted by molar-refractivity contribution is -0.128. The molecule has 8 heteroatoms. The SMILES string of the molecule is Cc1cccc(C)c1NC(=O)CNC(=O)C(C)N1CCC(NC(=O)Nc2ccccc2)CC1. The summed E-state index contributed by atoms with van der Waals surface area (Å²) in [6.07, 6.45) is 1.51. The zero-order valence-corrected chi connectivity index (χ0v) is 19.5. The maximum absolute atomic E-state index is 12.6. The van der Waals surface area contributed by atoms with Gasteiger partial charge in [-0.15, -0.1) is 0 Å². The third kappa shape index (κ3) is 7.05. The monoisotopic (exact) mass is 451 g/mol. The van der Waals surface area contributed by atoms with E-state index in [4.69, 9.17) is 0 Å². The normalized spacial score (nSPS) is 15.4. The highest BCUT2D eigenvalue weighted by atomic mass is 16.2. The van der Waals surface area contributed by atoms with Crippen molar-refractivity contribution in [1.29, 1.82) is 0 Å². The minimum Gasteiger partial charge on any atom is -0.346 e. The second kappa shape index (κ2) is 11.5. The molecular formula is C25H33N5O3. The van der Waals surface area contributed by atoms with E-state index in [2.05, 4.69) is 26.2 Å². The average Bonchev–Trinajstić information content (AvgIpc) is 2.80. The van der Waals surface area contributed by atoms with Crippen molar-refractivity contribution in [2.45, 2.75) is 45.7 Å². The van der Waals surface area contributed by atoms with Crippen molar-refractivity contribution in [3.63, 3.8) is 0 Å². The molecule has 2 aromatic rings. The summed E-state index contributed by atoms with van der Waals surface area (Å²) >= 11 is 0. The summed E-state index contributed by atoms with van der Waals surface area (Å²) in [5, 5.41) is 11.4. The van der Waals surface area contributed by atoms with E-state index in [-0.39, 0.29) is 36.5 Å². The molecule has 2 aromatic carbocycles. The highest BCUT2D eigenvalue weighted by molar-refractivity contribution is 5.96. The molecule has 3 rings (SSSR count). The van der Waals surface area contributed by atoms with Crippen molar-refractivity contribution < 1.29 is 14.4 Å². The zero-order chi connectivity index (χ0) is 23.8. The van der Waals surface area contributed by atoms with Crippen LogP contribution in [-0.2, 0) is 9.59 Å². The number of para-hydroxylation sites is 2. The van der Waals surface area contributed by atoms with Gasteiger partial charge in [-0.05, 0) is 56.9 Å². The molecule has 1 atom stereocenters. The van der Waals surface area contributed by atoms with Gasteiger partial charge in [0.2, 0.25) is 11.8 Å². The summed E-state index contributed by atoms with van der Waals surface area (Å²) in [5.41, 5.74) is 3.50. The van der Waals surface area contributed by atoms with Crippen LogP contribution in [0.5, 0.6) is 0 Å². The number of aryl methyl sites for hydroxylation is 2. The Kier molecular flexibility index (Phi) is 8.43. The number of urea groups is 1. The molecule has 0 spiro atoms. The van der Waals surface area contributed by atoms with Gasteiger partial charge in [-0.1, -0.05) is 36.4 Å². The molecule has 1 saturated heterocycles. The van der Waals surface area contributed by atoms with E-state index in [0.29, 0.717) is 13.1 Å². The fraction of sp³-hybridized carbons (Fsp3) is 0.400. The molecule has 0 aliphatic carbocycles. The van der Waals surface area contributed by atoms with Crippen molar-refractivity contribution in [3.8, 4) is 0 Å². The first kappa shape index (κ1) is 24.3. The molecule has 0 aromatic heterocycles. The first-order valence-corrected chi connectivity index (χ1v) is 11.3. The Labute approximate surface area is 195 Å². The molecular weight excluding hydrogens is 418 g/mol. The van der Waals surface area contributed by atoms with Gasteiger partial charge in [0, 0.05) is 30.5 Å². The second-order valence-electron chi connectivity index (χ2n) is 8.48. The van der Waals surface area contributed by atoms with Gasteiger partial charge in [-0.3, -0.25) is 14.5 Å². The minimum atomic E-state index is -0.350. The van der Waals surface area contributed by atoms with Crippen molar-refractivity contribution >= 4 is 29.2 Å². The van der Waals surface area contributed by atoms with Gasteiger partial charge < -0.3 is 21.3 Å². The van der Waals surface area contributed by atoms with Gasteiger partial charge in [0.15, 0.2) is 0 Å². The molecule has 0 bridgehead atoms. The van der Waals surface area contributed by atoms with E-state index in [1.165, 1.54) is 0 Å². The number of carbonyl (C=O) groups excluding carboxylic acids is 3. The van der Waals surface area contributed by atoms with Crippen LogP contribution in [0.1, 0.15) is 30.9 Å². The van der Waals surface area contributed by atoms with Crippen molar-refractivity contribution in [3.05, 3.63) is 59.7 Å². The molecule has 1 aliphatic rings. The number of rotatable bonds is 7. The predicted octanol–water partition coefficient (Wildman–Crippen LogP) is 3.03. The maximum atomic E-state index is 12.6. The van der Waals surface area contributed by atoms with Gasteiger partial charge in [-0.2, -0.15) is 0 Å². The maximum Gasteiger partial charge on any atom is 0.319 e. The van der Waals surface area contributed by atoms with Crippen LogP contribution in [0.15, 0.2) is 48.5 Å². The van der Waals surface area contributed by atoms with Crippen LogP contribution in [0.2, 0.25) is 0 Å². The molecule has 33 heavy (non-hydrogen) atoms. The number of amides is 4. The minimum absolute atomic E-state index is 0.0587. The Hall–Kier alpha value is -3.39. The number of hydrogen-bond acceptors (Lipinski definition) is 4. The largest absolute Gasteiger partial charge is 0.346 e. The lowest BCUT2D eigenvalue weighted by Gasteiger charge is -2.35. The van der Waals surface area contributed by atoms with Crippen LogP contribution in [0.3, 0.4) is 0 Å². The second-order valence-corrected chi connectivity index (χ2v) is 8.48. The predicted molar refractivity (Wildman–Crippen MR) is 130 cm³/mol. The molecule has 1 unspecified atom stereocenters. The van der Waals surface area contributed by atoms with Crippen molar-refractivity contribution in [2.75, 3.05) is 30.3 Å². The summed E-state index contributed by atoms with van der Waals surface area (Å²) in [4.78, 5) is 39.2. The Bertz CT molecular complexity index is 951. The smallest absolute Gasteiger partial charge is 0.319 e. The van der Waals surface area contributed by atoms with Gasteiger partial charge in [-0.25, -0.2) is 4.79 Å². The Morgan fingerprint density at radius 1 is 0.939 bits per heavy atom. The van der Waals surface area contributed by atoms with E-state index in [9.17, 15) is 14.4 Å². The summed E-state index contributed by atoms with van der Waals surface area (Å²) in [5.74, 6) is -0.430. The van der Waals surface area contributed by atoms with E-state index in [1.807, 2.05) is 69.3 Å². The van der Waals surface area contributed by atoms with Gasteiger partial charge in [0.05, 0.1) is 12.6 Å². The number of likely N-dealkylation sites (tertiary alicyclic amines) is 1. The fourth-order valence-electron chi connectivity index (χ4n) is 3.98. The number of anilines is 2. The van der Waals surface area contributed by atoms with E-state index >= 15 is 0 Å². The lowest BCUT2D eigenvalue weighted by Crippen LogP contribution is -2.52. The number of piperidine rings is 1. The molecule has 8 nitrogen and oxygen atoms in total. The molecule has 1 heterocycles. The van der Waals surface area contributed by atoms with Crippen LogP contribution >= 0.6 is 0 Å². The topological polar surface area (TPSA) is 103 Å². The lowest BCUT2D eigenvalue weighted by atomic mass is 10.0. The molecule has 0 radical (unpaired) electrons. The number of nitrogens with one attached hydrogen (secondary N) is 4. The summed E-state index contributed by atoms with van der Waals surface area (Å²) in [7, 11) is 0. The average molecular weight is 452 g/mol. The summed E-state index contributed by atoms with van der Waals surface area (Å²) in [6, 6.07) is 14.6. The quantitative estimate of drug-likeness (QED) is 0.520. The Balaban J connectivity index is 1.39. The highest BCUT2D eigenvalue weighted by Gasteiger charge is 2.27. The van der Waals surface area contributed by atoms with Crippen LogP contribution in [-0.4, -0.2) is 54.5 Å². The fourth-order valence-corrected chi connectivity index (χ4v) is 3.98. The third-order valence-corrected chi connectivity index (χ3v) is 5.99. The van der Waals surface area contributed by atoms with E-state index in [1.54, 1.807) is 0 Å². The zero-order valence-electron chi connectivity index (χ0n) is 19.5. The van der Waals surface area contributed by atoms with Crippen LogP contribution in [0.25, 0.3) is 0 Å². The number of benzene rings is 2. The summed E-state index contributed by atoms with van der Waals surface area (Å²) < 4.78 is 0. The van der Waals surface area contributed by atoms with Gasteiger partial charge in [0.25, 0.3) is 0 Å². The number of hydrogen-bond donors (Lipinski definition) is 4. The first-order valence-electron chi connectivity index (χ1n) is 11.3. The third-order valence-electron chi connectivity index (χ3n) is 5.99. The van der Waals surface area contributed by atoms with Gasteiger partial charge in [0.1, 0.15) is 0 Å². The molecule has 176 valence electrons. The molecule has 0 saturated carbocycles. The molecule has 4 N–H and O–H groups in total. The summed E-state index contributed by atoms with van der Waals surface area (Å²) in [6.45, 7) is 7.03. The first-order chi connectivity index (χ1) is 15.8. The standard InChI is InChI=1S/C25H33N5O3/c1-17-8-7-9-18(2)23(17)29-22(31)16-26-24(32)19(3)30-14-12-21(13-15-30)28-25(33)27-20-10-5-4-6-11-20/h4-11,19,21H,12-16H2,1-3H3,(H,26,32)(H,29,31)(H2,27,28,33). The molecule has 1 aliphatic heterocycles. The van der Waals surface area contributed by atoms with Crippen molar-refractivity contribution in [1.82, 2.24) is 15.5 Å².